The molecule has 1 saturated heterocycles. The Labute approximate surface area is 133 Å². The molecule has 0 atom stereocenters. The molecule has 6 nitrogen and oxygen atoms in total. The third kappa shape index (κ3) is 2.46. The molecule has 0 unspecified atom stereocenters. The summed E-state index contributed by atoms with van der Waals surface area (Å²) < 4.78 is 46.4. The molecule has 1 fully saturated rings. The van der Waals surface area contributed by atoms with Crippen LogP contribution < -0.4 is 0 Å². The highest BCUT2D eigenvalue weighted by molar-refractivity contribution is 7.89. The number of fused-ring (bicyclic) bond motifs is 1. The molecule has 1 aromatic carbocycles. The molecule has 2 aliphatic heterocycles. The largest absolute Gasteiger partial charge is 0.378 e. The highest BCUT2D eigenvalue weighted by Gasteiger charge is 2.39. The van der Waals surface area contributed by atoms with Gasteiger partial charge in [-0.2, -0.15) is 4.31 Å². The lowest BCUT2D eigenvalue weighted by Crippen LogP contribution is -2.50. The zero-order valence-electron chi connectivity index (χ0n) is 12.4. The van der Waals surface area contributed by atoms with Crippen LogP contribution in [0.5, 0.6) is 0 Å². The van der Waals surface area contributed by atoms with E-state index in [2.05, 4.69) is 4.98 Å². The molecule has 0 saturated carbocycles. The Balaban J connectivity index is 1.61. The zero-order chi connectivity index (χ0) is 16.0. The molecule has 0 radical (unpaired) electrons. The summed E-state index contributed by atoms with van der Waals surface area (Å²) >= 11 is 0. The topological polar surface area (TPSA) is 64.4 Å². The van der Waals surface area contributed by atoms with Crippen LogP contribution in [0.1, 0.15) is 11.4 Å². The van der Waals surface area contributed by atoms with Gasteiger partial charge in [0, 0.05) is 24.3 Å². The first-order chi connectivity index (χ1) is 11.1. The van der Waals surface area contributed by atoms with Crippen molar-refractivity contribution in [2.24, 2.45) is 0 Å². The molecule has 2 aliphatic rings. The lowest BCUT2D eigenvalue weighted by atomic mass is 10.1. The van der Waals surface area contributed by atoms with Crippen LogP contribution in [0.15, 0.2) is 30.6 Å². The van der Waals surface area contributed by atoms with Gasteiger partial charge < -0.3 is 9.30 Å². The fraction of sp³-hybridized carbons (Fsp3) is 0.400. The number of benzene rings is 1. The highest BCUT2D eigenvalue weighted by atomic mass is 32.2. The summed E-state index contributed by atoms with van der Waals surface area (Å²) in [6, 6.07) is 6.17. The standard InChI is InChI=1S/C15H16FN3O3S/c16-11-1-3-12(4-2-11)19-10-17-14-7-18(6-5-15(14)19)23(20,21)13-8-22-9-13/h1-4,10,13H,5-9H2. The Morgan fingerprint density at radius 3 is 2.61 bits per heavy atom. The molecular weight excluding hydrogens is 321 g/mol. The van der Waals surface area contributed by atoms with Gasteiger partial charge in [0.05, 0.1) is 31.8 Å². The Hall–Kier alpha value is -1.77. The van der Waals surface area contributed by atoms with Crippen molar-refractivity contribution in [2.45, 2.75) is 18.2 Å². The number of nitrogens with zero attached hydrogens (tertiary/aromatic N) is 3. The Morgan fingerprint density at radius 1 is 1.22 bits per heavy atom. The maximum atomic E-state index is 13.1. The van der Waals surface area contributed by atoms with Crippen molar-refractivity contribution in [1.82, 2.24) is 13.9 Å². The molecule has 0 aliphatic carbocycles. The number of imidazole rings is 1. The van der Waals surface area contributed by atoms with Gasteiger partial charge >= 0.3 is 0 Å². The fourth-order valence-electron chi connectivity index (χ4n) is 2.92. The lowest BCUT2D eigenvalue weighted by molar-refractivity contribution is 0.0389. The normalized spacial score (nSPS) is 19.3. The van der Waals surface area contributed by atoms with Crippen molar-refractivity contribution >= 4 is 10.0 Å². The van der Waals surface area contributed by atoms with Crippen LogP contribution in [0, 0.1) is 5.82 Å². The van der Waals surface area contributed by atoms with E-state index >= 15 is 0 Å². The van der Waals surface area contributed by atoms with E-state index in [9.17, 15) is 12.8 Å². The monoisotopic (exact) mass is 337 g/mol. The SMILES string of the molecule is O=S(=O)(C1COC1)N1CCc2c(ncn2-c2ccc(F)cc2)C1. The van der Waals surface area contributed by atoms with E-state index in [1.807, 2.05) is 4.57 Å². The van der Waals surface area contributed by atoms with Gasteiger partial charge in [-0.25, -0.2) is 17.8 Å². The molecule has 4 rings (SSSR count). The van der Waals surface area contributed by atoms with Crippen molar-refractivity contribution in [3.63, 3.8) is 0 Å². The first kappa shape index (κ1) is 14.8. The van der Waals surface area contributed by atoms with E-state index in [-0.39, 0.29) is 25.6 Å². The van der Waals surface area contributed by atoms with Crippen molar-refractivity contribution < 1.29 is 17.5 Å². The molecule has 0 bridgehead atoms. The molecule has 23 heavy (non-hydrogen) atoms. The van der Waals surface area contributed by atoms with Gasteiger partial charge in [0.15, 0.2) is 0 Å². The van der Waals surface area contributed by atoms with E-state index < -0.39 is 15.3 Å². The number of aromatic nitrogens is 2. The number of hydrogen-bond acceptors (Lipinski definition) is 4. The lowest BCUT2D eigenvalue weighted by Gasteiger charge is -2.33. The van der Waals surface area contributed by atoms with E-state index in [0.717, 1.165) is 17.1 Å². The van der Waals surface area contributed by atoms with Gasteiger partial charge in [-0.15, -0.1) is 0 Å². The maximum absolute atomic E-state index is 13.1. The van der Waals surface area contributed by atoms with Crippen molar-refractivity contribution in [3.05, 3.63) is 47.8 Å². The molecule has 1 aromatic heterocycles. The van der Waals surface area contributed by atoms with Gasteiger partial charge in [0.2, 0.25) is 10.0 Å². The Kier molecular flexibility index (Phi) is 3.47. The van der Waals surface area contributed by atoms with Crippen LogP contribution >= 0.6 is 0 Å². The molecule has 3 heterocycles. The molecule has 0 N–H and O–H groups in total. The molecule has 122 valence electrons. The summed E-state index contributed by atoms with van der Waals surface area (Å²) in [5.74, 6) is -0.289. The summed E-state index contributed by atoms with van der Waals surface area (Å²) in [7, 11) is -3.32. The Morgan fingerprint density at radius 2 is 1.96 bits per heavy atom. The smallest absolute Gasteiger partial charge is 0.221 e. The van der Waals surface area contributed by atoms with Crippen molar-refractivity contribution in [3.8, 4) is 5.69 Å². The second kappa shape index (κ2) is 5.40. The number of rotatable bonds is 3. The maximum Gasteiger partial charge on any atom is 0.221 e. The van der Waals surface area contributed by atoms with Crippen LogP contribution in [-0.2, 0) is 27.7 Å². The van der Waals surface area contributed by atoms with Gasteiger partial charge in [0.1, 0.15) is 11.1 Å². The Bertz CT molecular complexity index is 828. The van der Waals surface area contributed by atoms with E-state index in [0.29, 0.717) is 13.0 Å². The average molecular weight is 337 g/mol. The molecule has 0 spiro atoms. The number of ether oxygens (including phenoxy) is 1. The summed E-state index contributed by atoms with van der Waals surface area (Å²) in [6.45, 7) is 1.26. The van der Waals surface area contributed by atoms with Crippen molar-refractivity contribution in [1.29, 1.82) is 0 Å². The van der Waals surface area contributed by atoms with E-state index in [1.165, 1.54) is 16.4 Å². The van der Waals surface area contributed by atoms with Crippen molar-refractivity contribution in [2.75, 3.05) is 19.8 Å². The second-order valence-electron chi connectivity index (χ2n) is 5.77. The minimum absolute atomic E-state index is 0.274. The summed E-state index contributed by atoms with van der Waals surface area (Å²) in [6.07, 6.45) is 2.25. The molecule has 2 aromatic rings. The molecule has 8 heteroatoms. The van der Waals surface area contributed by atoms with Crippen LogP contribution in [-0.4, -0.2) is 47.3 Å². The minimum Gasteiger partial charge on any atom is -0.378 e. The minimum atomic E-state index is -3.32. The van der Waals surface area contributed by atoms with E-state index in [1.54, 1.807) is 18.5 Å². The van der Waals surface area contributed by atoms with Gasteiger partial charge in [-0.3, -0.25) is 0 Å². The second-order valence-corrected chi connectivity index (χ2v) is 7.99. The summed E-state index contributed by atoms with van der Waals surface area (Å²) in [4.78, 5) is 4.35. The quantitative estimate of drug-likeness (QED) is 0.841. The number of hydrogen-bond donors (Lipinski definition) is 0. The fourth-order valence-corrected chi connectivity index (χ4v) is 4.53. The summed E-state index contributed by atoms with van der Waals surface area (Å²) in [5, 5.41) is -0.428. The zero-order valence-corrected chi connectivity index (χ0v) is 13.2. The molecule has 0 amide bonds. The van der Waals surface area contributed by atoms with Crippen LogP contribution in [0.3, 0.4) is 0 Å². The number of halogens is 1. The van der Waals surface area contributed by atoms with Crippen LogP contribution in [0.25, 0.3) is 5.69 Å². The van der Waals surface area contributed by atoms with Crippen LogP contribution in [0.2, 0.25) is 0 Å². The predicted molar refractivity (Wildman–Crippen MR) is 81.2 cm³/mol. The van der Waals surface area contributed by atoms with Gasteiger partial charge in [0.25, 0.3) is 0 Å². The molecular formula is C15H16FN3O3S. The average Bonchev–Trinajstić information content (AvgIpc) is 2.89. The van der Waals surface area contributed by atoms with E-state index in [4.69, 9.17) is 4.74 Å². The number of sulfonamides is 1. The first-order valence-electron chi connectivity index (χ1n) is 7.43. The van der Waals surface area contributed by atoms with Gasteiger partial charge in [-0.05, 0) is 24.3 Å². The predicted octanol–water partition coefficient (Wildman–Crippen LogP) is 1.10. The highest BCUT2D eigenvalue weighted by Crippen LogP contribution is 2.26. The van der Waals surface area contributed by atoms with Gasteiger partial charge in [-0.1, -0.05) is 0 Å². The van der Waals surface area contributed by atoms with Crippen LogP contribution in [0.4, 0.5) is 4.39 Å². The third-order valence-corrected chi connectivity index (χ3v) is 6.52. The first-order valence-corrected chi connectivity index (χ1v) is 8.94. The third-order valence-electron chi connectivity index (χ3n) is 4.37. The summed E-state index contributed by atoms with van der Waals surface area (Å²) in [5.41, 5.74) is 2.56.